The molecule has 1 aromatic heterocycles. The van der Waals surface area contributed by atoms with Crippen LogP contribution in [0.15, 0.2) is 29.4 Å². The number of aromatic nitrogens is 3. The summed E-state index contributed by atoms with van der Waals surface area (Å²) in [6.07, 6.45) is 0. The van der Waals surface area contributed by atoms with Crippen molar-refractivity contribution in [1.82, 2.24) is 20.2 Å². The minimum absolute atomic E-state index is 0.0298. The number of carbonyl (C=O) groups is 1. The lowest BCUT2D eigenvalue weighted by Crippen LogP contribution is -2.29. The van der Waals surface area contributed by atoms with Gasteiger partial charge in [-0.1, -0.05) is 70.6 Å². The highest BCUT2D eigenvalue weighted by molar-refractivity contribution is 7.99. The van der Waals surface area contributed by atoms with Gasteiger partial charge in [-0.3, -0.25) is 4.79 Å². The van der Waals surface area contributed by atoms with Crippen LogP contribution in [0.5, 0.6) is 0 Å². The first-order valence-corrected chi connectivity index (χ1v) is 9.38. The largest absolute Gasteiger partial charge is 0.355 e. The van der Waals surface area contributed by atoms with Crippen molar-refractivity contribution >= 4 is 17.7 Å². The Morgan fingerprint density at radius 2 is 1.88 bits per heavy atom. The first-order chi connectivity index (χ1) is 11.7. The zero-order chi connectivity index (χ0) is 18.6. The number of nitrogens with one attached hydrogen (secondary N) is 1. The second kappa shape index (κ2) is 7.91. The molecule has 1 amide bonds. The van der Waals surface area contributed by atoms with Crippen LogP contribution in [0.25, 0.3) is 11.4 Å². The molecule has 1 heterocycles. The summed E-state index contributed by atoms with van der Waals surface area (Å²) in [6, 6.07) is 8.15. The summed E-state index contributed by atoms with van der Waals surface area (Å²) in [5.41, 5.74) is 2.24. The number of thioether (sulfide) groups is 1. The Bertz CT molecular complexity index is 716. The maximum Gasteiger partial charge on any atom is 0.230 e. The topological polar surface area (TPSA) is 85.8 Å². The molecule has 25 heavy (non-hydrogen) atoms. The summed E-state index contributed by atoms with van der Waals surface area (Å²) in [5.74, 6) is 7.36. The van der Waals surface area contributed by atoms with E-state index in [4.69, 9.17) is 5.84 Å². The summed E-state index contributed by atoms with van der Waals surface area (Å²) in [6.45, 7) is 11.3. The smallest absolute Gasteiger partial charge is 0.230 e. The van der Waals surface area contributed by atoms with Gasteiger partial charge in [0.05, 0.1) is 5.75 Å². The van der Waals surface area contributed by atoms with Crippen molar-refractivity contribution in [2.75, 3.05) is 18.1 Å². The van der Waals surface area contributed by atoms with Gasteiger partial charge in [0.15, 0.2) is 5.82 Å². The molecule has 0 spiro atoms. The predicted octanol–water partition coefficient (Wildman–Crippen LogP) is 2.82. The molecule has 6 nitrogen and oxygen atoms in total. The Morgan fingerprint density at radius 1 is 1.24 bits per heavy atom. The molecule has 7 heteroatoms. The molecule has 0 saturated heterocycles. The number of amides is 1. The van der Waals surface area contributed by atoms with Gasteiger partial charge in [0.2, 0.25) is 11.1 Å². The maximum absolute atomic E-state index is 11.8. The van der Waals surface area contributed by atoms with Crippen LogP contribution < -0.4 is 11.2 Å². The minimum atomic E-state index is -0.0298. The van der Waals surface area contributed by atoms with Crippen molar-refractivity contribution in [3.8, 4) is 11.4 Å². The summed E-state index contributed by atoms with van der Waals surface area (Å²) in [4.78, 5) is 11.8. The van der Waals surface area contributed by atoms with Crippen molar-refractivity contribution in [3.05, 3.63) is 29.8 Å². The Kier molecular flexibility index (Phi) is 6.11. The lowest BCUT2D eigenvalue weighted by atomic mass is 9.87. The molecule has 0 saturated carbocycles. The van der Waals surface area contributed by atoms with E-state index in [0.717, 1.165) is 5.56 Å². The lowest BCUT2D eigenvalue weighted by molar-refractivity contribution is -0.118. The van der Waals surface area contributed by atoms with Crippen LogP contribution in [0.4, 0.5) is 0 Å². The fourth-order valence-corrected chi connectivity index (χ4v) is 2.88. The lowest BCUT2D eigenvalue weighted by Gasteiger charge is -2.19. The van der Waals surface area contributed by atoms with Gasteiger partial charge in [0.25, 0.3) is 0 Å². The third kappa shape index (κ3) is 5.22. The van der Waals surface area contributed by atoms with Crippen LogP contribution in [0.2, 0.25) is 0 Å². The molecule has 0 radical (unpaired) electrons. The number of nitrogen functional groups attached to an aromatic ring is 1. The van der Waals surface area contributed by atoms with Crippen molar-refractivity contribution in [1.29, 1.82) is 0 Å². The van der Waals surface area contributed by atoms with E-state index in [1.54, 1.807) is 0 Å². The quantitative estimate of drug-likeness (QED) is 0.610. The average molecular weight is 362 g/mol. The Labute approximate surface area is 153 Å². The summed E-state index contributed by atoms with van der Waals surface area (Å²) < 4.78 is 1.44. The molecule has 0 unspecified atom stereocenters. The van der Waals surface area contributed by atoms with Crippen molar-refractivity contribution in [2.45, 2.75) is 45.2 Å². The minimum Gasteiger partial charge on any atom is -0.355 e. The number of benzene rings is 1. The van der Waals surface area contributed by atoms with Crippen LogP contribution >= 0.6 is 11.8 Å². The van der Waals surface area contributed by atoms with Gasteiger partial charge in [-0.2, -0.15) is 0 Å². The van der Waals surface area contributed by atoms with Crippen LogP contribution in [-0.2, 0) is 10.2 Å². The van der Waals surface area contributed by atoms with E-state index < -0.39 is 0 Å². The van der Waals surface area contributed by atoms with Crippen molar-refractivity contribution in [2.24, 2.45) is 5.92 Å². The zero-order valence-electron chi connectivity index (χ0n) is 15.5. The highest BCUT2D eigenvalue weighted by Gasteiger charge is 2.16. The van der Waals surface area contributed by atoms with E-state index in [1.807, 2.05) is 12.1 Å². The van der Waals surface area contributed by atoms with Gasteiger partial charge in [0.1, 0.15) is 0 Å². The monoisotopic (exact) mass is 361 g/mol. The molecule has 0 bridgehead atoms. The molecule has 136 valence electrons. The van der Waals surface area contributed by atoms with Gasteiger partial charge in [-0.25, -0.2) is 4.68 Å². The van der Waals surface area contributed by atoms with Gasteiger partial charge in [-0.15, -0.1) is 10.2 Å². The third-order valence-corrected chi connectivity index (χ3v) is 4.66. The van der Waals surface area contributed by atoms with E-state index in [0.29, 0.717) is 23.4 Å². The number of carbonyl (C=O) groups excluding carboxylic acids is 1. The van der Waals surface area contributed by atoms with Crippen LogP contribution in [0.1, 0.15) is 40.2 Å². The van der Waals surface area contributed by atoms with E-state index in [-0.39, 0.29) is 17.1 Å². The number of nitrogens with two attached hydrogens (primary N) is 1. The van der Waals surface area contributed by atoms with E-state index >= 15 is 0 Å². The molecule has 0 aliphatic rings. The van der Waals surface area contributed by atoms with Crippen LogP contribution in [0.3, 0.4) is 0 Å². The fourth-order valence-electron chi connectivity index (χ4n) is 2.19. The second-order valence-corrected chi connectivity index (χ2v) is 8.43. The predicted molar refractivity (Wildman–Crippen MR) is 103 cm³/mol. The average Bonchev–Trinajstić information content (AvgIpc) is 2.91. The standard InChI is InChI=1S/C18H27N5OS/c1-12(2)10-20-15(24)11-25-17-22-21-16(23(17)19)13-6-8-14(9-7-13)18(3,4)5/h6-9,12H,10-11,19H2,1-5H3,(H,20,24). The first-order valence-electron chi connectivity index (χ1n) is 8.39. The molecule has 2 aromatic rings. The molecule has 0 atom stereocenters. The third-order valence-electron chi connectivity index (χ3n) is 3.71. The Morgan fingerprint density at radius 3 is 2.44 bits per heavy atom. The second-order valence-electron chi connectivity index (χ2n) is 7.49. The summed E-state index contributed by atoms with van der Waals surface area (Å²) in [7, 11) is 0. The van der Waals surface area contributed by atoms with E-state index in [2.05, 4.69) is 62.3 Å². The fraction of sp³-hybridized carbons (Fsp3) is 0.500. The normalized spacial score (nSPS) is 11.8. The van der Waals surface area contributed by atoms with Gasteiger partial charge < -0.3 is 11.2 Å². The molecule has 3 N–H and O–H groups in total. The number of hydrogen-bond acceptors (Lipinski definition) is 5. The highest BCUT2D eigenvalue weighted by atomic mass is 32.2. The Balaban J connectivity index is 2.04. The van der Waals surface area contributed by atoms with Crippen LogP contribution in [0, 0.1) is 5.92 Å². The summed E-state index contributed by atoms with van der Waals surface area (Å²) >= 11 is 1.28. The Hall–Kier alpha value is -2.02. The van der Waals surface area contributed by atoms with E-state index in [9.17, 15) is 4.79 Å². The number of nitrogens with zero attached hydrogens (tertiary/aromatic N) is 3. The maximum atomic E-state index is 11.8. The summed E-state index contributed by atoms with van der Waals surface area (Å²) in [5, 5.41) is 11.7. The van der Waals surface area contributed by atoms with Crippen molar-refractivity contribution in [3.63, 3.8) is 0 Å². The molecule has 1 aromatic carbocycles. The molecular weight excluding hydrogens is 334 g/mol. The molecule has 0 aliphatic heterocycles. The SMILES string of the molecule is CC(C)CNC(=O)CSc1nnc(-c2ccc(C(C)(C)C)cc2)n1N. The number of rotatable bonds is 6. The molecule has 2 rings (SSSR count). The number of hydrogen-bond donors (Lipinski definition) is 2. The van der Waals surface area contributed by atoms with Gasteiger partial charge >= 0.3 is 0 Å². The van der Waals surface area contributed by atoms with Crippen molar-refractivity contribution < 1.29 is 4.79 Å². The van der Waals surface area contributed by atoms with E-state index in [1.165, 1.54) is 22.0 Å². The van der Waals surface area contributed by atoms with Gasteiger partial charge in [-0.05, 0) is 16.9 Å². The first kappa shape index (κ1) is 19.3. The molecule has 0 aliphatic carbocycles. The molecule has 0 fully saturated rings. The zero-order valence-corrected chi connectivity index (χ0v) is 16.4. The molecular formula is C18H27N5OS. The highest BCUT2D eigenvalue weighted by Crippen LogP contribution is 2.26. The van der Waals surface area contributed by atoms with Crippen LogP contribution in [-0.4, -0.2) is 33.1 Å². The van der Waals surface area contributed by atoms with Gasteiger partial charge in [0, 0.05) is 12.1 Å².